The van der Waals surface area contributed by atoms with Crippen LogP contribution >= 0.6 is 15.9 Å². The Bertz CT molecular complexity index is 782. The molecule has 23 heavy (non-hydrogen) atoms. The molecule has 0 saturated carbocycles. The monoisotopic (exact) mass is 378 g/mol. The van der Waals surface area contributed by atoms with Crippen LogP contribution in [0.2, 0.25) is 0 Å². The lowest BCUT2D eigenvalue weighted by Gasteiger charge is -2.28. The number of hydrogen-bond acceptors (Lipinski definition) is 2. The van der Waals surface area contributed by atoms with Crippen LogP contribution in [0.15, 0.2) is 22.7 Å². The number of aliphatic carboxylic acids is 1. The molecule has 0 atom stereocenters. The molecule has 0 unspecified atom stereocenters. The molecular weight excluding hydrogens is 360 g/mol. The van der Waals surface area contributed by atoms with Gasteiger partial charge in [-0.25, -0.2) is 0 Å². The van der Waals surface area contributed by atoms with Crippen LogP contribution in [0, 0.1) is 0 Å². The van der Waals surface area contributed by atoms with Crippen molar-refractivity contribution in [1.82, 2.24) is 9.47 Å². The number of carboxylic acid groups (broad SMARTS) is 1. The van der Waals surface area contributed by atoms with E-state index >= 15 is 0 Å². The van der Waals surface area contributed by atoms with Gasteiger partial charge in [-0.05, 0) is 36.6 Å². The van der Waals surface area contributed by atoms with Crippen molar-refractivity contribution >= 4 is 38.7 Å². The topological polar surface area (TPSA) is 62.5 Å². The number of amides is 1. The molecule has 0 aliphatic carbocycles. The largest absolute Gasteiger partial charge is 0.480 e. The van der Waals surface area contributed by atoms with Crippen LogP contribution < -0.4 is 0 Å². The van der Waals surface area contributed by atoms with E-state index in [4.69, 9.17) is 0 Å². The Labute approximate surface area is 143 Å². The van der Waals surface area contributed by atoms with E-state index in [-0.39, 0.29) is 12.5 Å². The van der Waals surface area contributed by atoms with Gasteiger partial charge in [0.15, 0.2) is 0 Å². The quantitative estimate of drug-likeness (QED) is 0.867. The summed E-state index contributed by atoms with van der Waals surface area (Å²) in [6.07, 6.45) is 2.76. The van der Waals surface area contributed by atoms with Crippen LogP contribution in [-0.2, 0) is 17.8 Å². The van der Waals surface area contributed by atoms with E-state index in [1.807, 2.05) is 23.1 Å². The number of unbranched alkanes of at least 4 members (excludes halogenated alkanes) is 1. The van der Waals surface area contributed by atoms with Gasteiger partial charge in [-0.3, -0.25) is 9.59 Å². The molecule has 1 N–H and O–H groups in total. The maximum absolute atomic E-state index is 12.9. The van der Waals surface area contributed by atoms with Crippen molar-refractivity contribution in [3.05, 3.63) is 33.9 Å². The zero-order valence-electron chi connectivity index (χ0n) is 13.0. The van der Waals surface area contributed by atoms with E-state index in [0.29, 0.717) is 12.2 Å². The molecule has 1 aromatic carbocycles. The molecule has 0 spiro atoms. The Kier molecular flexibility index (Phi) is 4.43. The van der Waals surface area contributed by atoms with Crippen LogP contribution in [0.1, 0.15) is 35.8 Å². The molecule has 2 aromatic rings. The van der Waals surface area contributed by atoms with Crippen LogP contribution in [0.25, 0.3) is 10.9 Å². The average Bonchev–Trinajstić information content (AvgIpc) is 2.80. The highest BCUT2D eigenvalue weighted by Gasteiger charge is 2.31. The van der Waals surface area contributed by atoms with Crippen molar-refractivity contribution in [3.8, 4) is 0 Å². The van der Waals surface area contributed by atoms with E-state index in [1.165, 1.54) is 0 Å². The van der Waals surface area contributed by atoms with Crippen LogP contribution in [0.4, 0.5) is 0 Å². The predicted octanol–water partition coefficient (Wildman–Crippen LogP) is 3.29. The molecule has 1 aliphatic rings. The average molecular weight is 379 g/mol. The van der Waals surface area contributed by atoms with E-state index in [0.717, 1.165) is 46.7 Å². The molecule has 122 valence electrons. The number of rotatable bonds is 5. The molecule has 0 saturated heterocycles. The second-order valence-corrected chi connectivity index (χ2v) is 6.78. The number of hydrogen-bond donors (Lipinski definition) is 1. The summed E-state index contributed by atoms with van der Waals surface area (Å²) in [5, 5.41) is 10.2. The summed E-state index contributed by atoms with van der Waals surface area (Å²) in [5.41, 5.74) is 2.33. The van der Waals surface area contributed by atoms with Gasteiger partial charge in [0.1, 0.15) is 12.2 Å². The molecule has 3 rings (SSSR count). The zero-order chi connectivity index (χ0) is 16.6. The van der Waals surface area contributed by atoms with Gasteiger partial charge in [-0.1, -0.05) is 29.3 Å². The summed E-state index contributed by atoms with van der Waals surface area (Å²) in [6.45, 7) is 3.33. The molecule has 5 nitrogen and oxygen atoms in total. The van der Waals surface area contributed by atoms with Gasteiger partial charge in [-0.15, -0.1) is 0 Å². The van der Waals surface area contributed by atoms with Crippen LogP contribution in [0.5, 0.6) is 0 Å². The maximum atomic E-state index is 12.9. The van der Waals surface area contributed by atoms with Crippen LogP contribution in [0.3, 0.4) is 0 Å². The lowest BCUT2D eigenvalue weighted by atomic mass is 10.0. The van der Waals surface area contributed by atoms with E-state index in [9.17, 15) is 14.7 Å². The number of fused-ring (bicyclic) bond motifs is 3. The Morgan fingerprint density at radius 2 is 2.17 bits per heavy atom. The van der Waals surface area contributed by atoms with Gasteiger partial charge in [0.05, 0.1) is 0 Å². The molecule has 1 aliphatic heterocycles. The fraction of sp³-hybridized carbons (Fsp3) is 0.412. The Morgan fingerprint density at radius 3 is 2.87 bits per heavy atom. The second kappa shape index (κ2) is 6.35. The molecule has 0 fully saturated rings. The third kappa shape index (κ3) is 2.87. The van der Waals surface area contributed by atoms with Crippen LogP contribution in [-0.4, -0.2) is 39.5 Å². The van der Waals surface area contributed by atoms with Crippen molar-refractivity contribution in [1.29, 1.82) is 0 Å². The number of aromatic nitrogens is 1. The summed E-state index contributed by atoms with van der Waals surface area (Å²) in [5.74, 6) is -0.987. The van der Waals surface area contributed by atoms with Gasteiger partial charge in [-0.2, -0.15) is 0 Å². The first-order valence-corrected chi connectivity index (χ1v) is 8.64. The zero-order valence-corrected chi connectivity index (χ0v) is 14.6. The Balaban J connectivity index is 2.14. The van der Waals surface area contributed by atoms with E-state index in [1.54, 1.807) is 4.57 Å². The summed E-state index contributed by atoms with van der Waals surface area (Å²) < 4.78 is 2.58. The SMILES string of the molecule is CCCCN1CCc2c(n(CC(=O)O)c3ccc(Br)cc23)C1=O. The van der Waals surface area contributed by atoms with Gasteiger partial charge < -0.3 is 14.6 Å². The van der Waals surface area contributed by atoms with Gasteiger partial charge in [0.2, 0.25) is 0 Å². The minimum absolute atomic E-state index is 0.0479. The van der Waals surface area contributed by atoms with E-state index in [2.05, 4.69) is 22.9 Å². The first-order chi connectivity index (χ1) is 11.0. The molecule has 1 aromatic heterocycles. The summed E-state index contributed by atoms with van der Waals surface area (Å²) in [7, 11) is 0. The number of halogens is 1. The van der Waals surface area contributed by atoms with E-state index < -0.39 is 5.97 Å². The predicted molar refractivity (Wildman–Crippen MR) is 91.8 cm³/mol. The van der Waals surface area contributed by atoms with Crippen molar-refractivity contribution in [3.63, 3.8) is 0 Å². The lowest BCUT2D eigenvalue weighted by Crippen LogP contribution is -2.39. The molecule has 1 amide bonds. The smallest absolute Gasteiger partial charge is 0.323 e. The fourth-order valence-electron chi connectivity index (χ4n) is 3.25. The Hall–Kier alpha value is -1.82. The van der Waals surface area contributed by atoms with Gasteiger partial charge >= 0.3 is 5.97 Å². The Morgan fingerprint density at radius 1 is 1.39 bits per heavy atom. The summed E-state index contributed by atoms with van der Waals surface area (Å²) in [4.78, 5) is 26.0. The standard InChI is InChI=1S/C17H19BrN2O3/c1-2-3-7-19-8-6-12-13-9-11(18)4-5-14(13)20(10-15(21)22)16(12)17(19)23/h4-5,9H,2-3,6-8,10H2,1H3,(H,21,22). The number of benzene rings is 1. The molecular formula is C17H19BrN2O3. The third-order valence-electron chi connectivity index (χ3n) is 4.33. The van der Waals surface area contributed by atoms with Gasteiger partial charge in [0, 0.05) is 28.5 Å². The third-order valence-corrected chi connectivity index (χ3v) is 4.82. The molecule has 6 heteroatoms. The highest BCUT2D eigenvalue weighted by molar-refractivity contribution is 9.10. The summed E-state index contributed by atoms with van der Waals surface area (Å²) in [6, 6.07) is 5.73. The van der Waals surface area contributed by atoms with Crippen molar-refractivity contribution in [2.75, 3.05) is 13.1 Å². The number of carbonyl (C=O) groups excluding carboxylic acids is 1. The van der Waals surface area contributed by atoms with Crippen molar-refractivity contribution in [2.45, 2.75) is 32.7 Å². The van der Waals surface area contributed by atoms with Gasteiger partial charge in [0.25, 0.3) is 5.91 Å². The maximum Gasteiger partial charge on any atom is 0.323 e. The minimum atomic E-state index is -0.939. The molecule has 2 heterocycles. The lowest BCUT2D eigenvalue weighted by molar-refractivity contribution is -0.137. The molecule has 0 radical (unpaired) electrons. The second-order valence-electron chi connectivity index (χ2n) is 5.86. The minimum Gasteiger partial charge on any atom is -0.480 e. The highest BCUT2D eigenvalue weighted by atomic mass is 79.9. The normalized spacial score (nSPS) is 14.3. The van der Waals surface area contributed by atoms with Crippen molar-refractivity contribution < 1.29 is 14.7 Å². The number of carbonyl (C=O) groups is 2. The van der Waals surface area contributed by atoms with Crippen molar-refractivity contribution in [2.24, 2.45) is 0 Å². The summed E-state index contributed by atoms with van der Waals surface area (Å²) >= 11 is 3.46. The number of carboxylic acids is 1. The fourth-order valence-corrected chi connectivity index (χ4v) is 3.61. The first-order valence-electron chi connectivity index (χ1n) is 7.84. The number of nitrogens with zero attached hydrogens (tertiary/aromatic N) is 2. The first kappa shape index (κ1) is 16.1. The molecule has 0 bridgehead atoms. The highest BCUT2D eigenvalue weighted by Crippen LogP contribution is 2.32.